The zero-order valence-electron chi connectivity index (χ0n) is 19.5. The maximum absolute atomic E-state index is 13.3. The largest absolute Gasteiger partial charge is 0.494 e. The van der Waals surface area contributed by atoms with Gasteiger partial charge < -0.3 is 9.64 Å². The maximum atomic E-state index is 13.3. The average molecular weight is 443 g/mol. The van der Waals surface area contributed by atoms with Gasteiger partial charge in [0.15, 0.2) is 5.65 Å². The van der Waals surface area contributed by atoms with Gasteiger partial charge in [-0.3, -0.25) is 4.79 Å². The number of nitrogens with zero attached hydrogens (tertiary/aromatic N) is 4. The van der Waals surface area contributed by atoms with Crippen LogP contribution in [0.1, 0.15) is 54.7 Å². The van der Waals surface area contributed by atoms with E-state index >= 15 is 0 Å². The predicted molar refractivity (Wildman–Crippen MR) is 130 cm³/mol. The van der Waals surface area contributed by atoms with Crippen LogP contribution in [0.3, 0.4) is 0 Å². The van der Waals surface area contributed by atoms with Crippen molar-refractivity contribution in [1.29, 1.82) is 0 Å². The molecule has 1 saturated heterocycles. The lowest BCUT2D eigenvalue weighted by molar-refractivity contribution is -0.132. The van der Waals surface area contributed by atoms with Crippen molar-refractivity contribution in [1.82, 2.24) is 19.5 Å². The maximum Gasteiger partial charge on any atom is 0.223 e. The number of fused-ring (bicyclic) bond motifs is 3. The molecule has 6 nitrogen and oxygen atoms in total. The molecule has 5 rings (SSSR count). The molecule has 1 aliphatic rings. The van der Waals surface area contributed by atoms with Crippen molar-refractivity contribution in [2.24, 2.45) is 0 Å². The van der Waals surface area contributed by atoms with Crippen LogP contribution in [0.2, 0.25) is 0 Å². The summed E-state index contributed by atoms with van der Waals surface area (Å²) in [6.07, 6.45) is 3.19. The van der Waals surface area contributed by atoms with Crippen LogP contribution in [0.4, 0.5) is 0 Å². The highest BCUT2D eigenvalue weighted by Gasteiger charge is 2.30. The summed E-state index contributed by atoms with van der Waals surface area (Å²) in [5.41, 5.74) is 6.15. The molecule has 0 N–H and O–H groups in total. The number of ether oxygens (including phenoxy) is 1. The van der Waals surface area contributed by atoms with Crippen LogP contribution in [0.25, 0.3) is 16.6 Å². The quantitative estimate of drug-likeness (QED) is 0.412. The van der Waals surface area contributed by atoms with Gasteiger partial charge in [0.1, 0.15) is 5.75 Å². The molecule has 1 atom stereocenters. The van der Waals surface area contributed by atoms with Crippen molar-refractivity contribution in [2.75, 3.05) is 13.2 Å². The Labute approximate surface area is 194 Å². The first kappa shape index (κ1) is 21.4. The van der Waals surface area contributed by atoms with E-state index in [1.165, 1.54) is 5.56 Å². The van der Waals surface area contributed by atoms with E-state index in [-0.39, 0.29) is 11.9 Å². The van der Waals surface area contributed by atoms with Gasteiger partial charge in [-0.15, -0.1) is 0 Å². The molecule has 1 fully saturated rings. The minimum atomic E-state index is 0.146. The number of aromatic nitrogens is 3. The third-order valence-electron chi connectivity index (χ3n) is 6.76. The van der Waals surface area contributed by atoms with Gasteiger partial charge in [-0.25, -0.2) is 9.50 Å². The first-order valence-corrected chi connectivity index (χ1v) is 11.8. The zero-order valence-corrected chi connectivity index (χ0v) is 19.5. The molecule has 0 spiro atoms. The number of rotatable bonds is 6. The van der Waals surface area contributed by atoms with E-state index in [2.05, 4.69) is 30.0 Å². The lowest BCUT2D eigenvalue weighted by atomic mass is 10.0. The molecule has 33 heavy (non-hydrogen) atoms. The van der Waals surface area contributed by atoms with Crippen LogP contribution in [-0.2, 0) is 11.2 Å². The number of benzene rings is 2. The predicted octanol–water partition coefficient (Wildman–Crippen LogP) is 5.19. The molecule has 1 amide bonds. The van der Waals surface area contributed by atoms with Crippen molar-refractivity contribution in [2.45, 2.75) is 52.5 Å². The van der Waals surface area contributed by atoms with E-state index in [4.69, 9.17) is 14.8 Å². The molecule has 3 heterocycles. The molecule has 0 bridgehead atoms. The van der Waals surface area contributed by atoms with Gasteiger partial charge in [0.25, 0.3) is 0 Å². The number of carbonyl (C=O) groups is 1. The van der Waals surface area contributed by atoms with E-state index in [1.807, 2.05) is 48.7 Å². The van der Waals surface area contributed by atoms with Crippen molar-refractivity contribution in [3.63, 3.8) is 0 Å². The number of hydrogen-bond acceptors (Lipinski definition) is 4. The molecule has 4 aromatic rings. The second-order valence-electron chi connectivity index (χ2n) is 8.76. The molecule has 0 saturated carbocycles. The Balaban J connectivity index is 1.34. The number of hydrogen-bond donors (Lipinski definition) is 0. The Bertz CT molecular complexity index is 1310. The summed E-state index contributed by atoms with van der Waals surface area (Å²) in [5.74, 6) is 1.08. The monoisotopic (exact) mass is 442 g/mol. The molecular weight excluding hydrogens is 412 g/mol. The number of likely N-dealkylation sites (tertiary alicyclic amines) is 1. The summed E-state index contributed by atoms with van der Waals surface area (Å²) < 4.78 is 7.49. The smallest absolute Gasteiger partial charge is 0.223 e. The highest BCUT2D eigenvalue weighted by atomic mass is 16.5. The minimum Gasteiger partial charge on any atom is -0.494 e. The number of amides is 1. The fourth-order valence-corrected chi connectivity index (χ4v) is 5.08. The molecule has 1 aliphatic heterocycles. The van der Waals surface area contributed by atoms with Crippen LogP contribution >= 0.6 is 0 Å². The van der Waals surface area contributed by atoms with Crippen molar-refractivity contribution in [3.8, 4) is 5.75 Å². The fourth-order valence-electron chi connectivity index (χ4n) is 5.08. The van der Waals surface area contributed by atoms with Crippen LogP contribution < -0.4 is 4.74 Å². The Kier molecular flexibility index (Phi) is 5.75. The molecule has 2 aromatic heterocycles. The lowest BCUT2D eigenvalue weighted by Gasteiger charge is -2.25. The van der Waals surface area contributed by atoms with Gasteiger partial charge in [-0.05, 0) is 75.4 Å². The molecule has 170 valence electrons. The molecule has 0 radical (unpaired) electrons. The van der Waals surface area contributed by atoms with Crippen LogP contribution in [0, 0.1) is 13.8 Å². The van der Waals surface area contributed by atoms with Gasteiger partial charge in [-0.1, -0.05) is 24.3 Å². The topological polar surface area (TPSA) is 59.7 Å². The van der Waals surface area contributed by atoms with Crippen molar-refractivity contribution < 1.29 is 9.53 Å². The number of carbonyl (C=O) groups excluding carboxylic acids is 1. The van der Waals surface area contributed by atoms with E-state index in [0.29, 0.717) is 19.4 Å². The third-order valence-corrected chi connectivity index (χ3v) is 6.76. The summed E-state index contributed by atoms with van der Waals surface area (Å²) in [4.78, 5) is 20.2. The van der Waals surface area contributed by atoms with Crippen molar-refractivity contribution in [3.05, 3.63) is 71.0 Å². The van der Waals surface area contributed by atoms with Crippen LogP contribution in [0.5, 0.6) is 5.75 Å². The van der Waals surface area contributed by atoms with E-state index in [1.54, 1.807) is 0 Å². The Hall–Kier alpha value is -3.41. The van der Waals surface area contributed by atoms with Gasteiger partial charge >= 0.3 is 0 Å². The first-order valence-electron chi connectivity index (χ1n) is 11.8. The van der Waals surface area contributed by atoms with Crippen LogP contribution in [0.15, 0.2) is 48.5 Å². The molecule has 0 aliphatic carbocycles. The molecule has 2 aromatic carbocycles. The van der Waals surface area contributed by atoms with E-state index < -0.39 is 0 Å². The highest BCUT2D eigenvalue weighted by Crippen LogP contribution is 2.33. The summed E-state index contributed by atoms with van der Waals surface area (Å²) in [7, 11) is 0. The van der Waals surface area contributed by atoms with Crippen LogP contribution in [-0.4, -0.2) is 38.6 Å². The zero-order chi connectivity index (χ0) is 22.9. The Morgan fingerprint density at radius 2 is 1.91 bits per heavy atom. The second kappa shape index (κ2) is 8.85. The average Bonchev–Trinajstić information content (AvgIpc) is 3.45. The van der Waals surface area contributed by atoms with Gasteiger partial charge in [0.05, 0.1) is 18.2 Å². The summed E-state index contributed by atoms with van der Waals surface area (Å²) in [6, 6.07) is 16.4. The van der Waals surface area contributed by atoms with Gasteiger partial charge in [0, 0.05) is 29.7 Å². The SMILES string of the molecule is CCOc1ccc(C2CCCN2C(=O)CCc2c(C)nc3c4ccccc4nn3c2C)cc1. The van der Waals surface area contributed by atoms with Crippen molar-refractivity contribution >= 4 is 22.5 Å². The Morgan fingerprint density at radius 1 is 1.12 bits per heavy atom. The highest BCUT2D eigenvalue weighted by molar-refractivity contribution is 5.92. The fraction of sp³-hybridized carbons (Fsp3) is 0.370. The molecular formula is C27H30N4O2. The van der Waals surface area contributed by atoms with Gasteiger partial charge in [0.2, 0.25) is 5.91 Å². The third kappa shape index (κ3) is 3.94. The van der Waals surface area contributed by atoms with E-state index in [9.17, 15) is 4.79 Å². The summed E-state index contributed by atoms with van der Waals surface area (Å²) in [6.45, 7) is 7.56. The standard InChI is InChI=1S/C27H30N4O2/c1-4-33-21-13-11-20(12-14-21)25-10-7-17-30(25)26(32)16-15-22-18(2)28-27-23-8-5-6-9-24(23)29-31(27)19(22)3/h5-6,8-9,11-14,25H,4,7,10,15-17H2,1-3H3. The molecule has 6 heteroatoms. The number of aryl methyl sites for hydroxylation is 2. The normalized spacial score (nSPS) is 16.1. The summed E-state index contributed by atoms with van der Waals surface area (Å²) in [5, 5.41) is 5.80. The summed E-state index contributed by atoms with van der Waals surface area (Å²) >= 11 is 0. The van der Waals surface area contributed by atoms with E-state index in [0.717, 1.165) is 58.6 Å². The lowest BCUT2D eigenvalue weighted by Crippen LogP contribution is -2.30. The second-order valence-corrected chi connectivity index (χ2v) is 8.76. The van der Waals surface area contributed by atoms with Gasteiger partial charge in [-0.2, -0.15) is 5.10 Å². The first-order chi connectivity index (χ1) is 16.1. The minimum absolute atomic E-state index is 0.146. The molecule has 1 unspecified atom stereocenters. The Morgan fingerprint density at radius 3 is 2.70 bits per heavy atom.